The molecule has 0 amide bonds. The molecule has 2 aromatic rings. The van der Waals surface area contributed by atoms with Crippen LogP contribution in [0.3, 0.4) is 0 Å². The first kappa shape index (κ1) is 13.2. The van der Waals surface area contributed by atoms with E-state index >= 15 is 0 Å². The molecule has 0 saturated heterocycles. The van der Waals surface area contributed by atoms with Crippen molar-refractivity contribution in [2.45, 2.75) is 18.9 Å². The molecule has 0 bridgehead atoms. The Hall–Kier alpha value is -1.81. The summed E-state index contributed by atoms with van der Waals surface area (Å²) in [4.78, 5) is 16.1. The predicted octanol–water partition coefficient (Wildman–Crippen LogP) is 2.92. The summed E-state index contributed by atoms with van der Waals surface area (Å²) in [6.07, 6.45) is 4.35. The van der Waals surface area contributed by atoms with Gasteiger partial charge in [0.25, 0.3) is 0 Å². The topological polar surface area (TPSA) is 44.1 Å². The van der Waals surface area contributed by atoms with E-state index in [1.165, 1.54) is 0 Å². The Balaban J connectivity index is 1.56. The van der Waals surface area contributed by atoms with Crippen LogP contribution in [-0.2, 0) is 23.2 Å². The Morgan fingerprint density at radius 1 is 1.55 bits per heavy atom. The minimum atomic E-state index is -0.155. The number of carbonyl (C=O) groups is 1. The molecule has 1 fully saturated rings. The lowest BCUT2D eigenvalue weighted by atomic mass is 10.1. The molecule has 1 aromatic heterocycles. The van der Waals surface area contributed by atoms with Crippen LogP contribution in [0.25, 0.3) is 0 Å². The van der Waals surface area contributed by atoms with Crippen LogP contribution in [0.2, 0.25) is 5.02 Å². The minimum Gasteiger partial charge on any atom is -0.457 e. The number of imidazole rings is 1. The average molecular weight is 291 g/mol. The second-order valence-corrected chi connectivity index (χ2v) is 5.50. The van der Waals surface area contributed by atoms with Crippen molar-refractivity contribution in [3.63, 3.8) is 0 Å². The number of ether oxygens (including phenoxy) is 1. The van der Waals surface area contributed by atoms with Crippen LogP contribution in [0, 0.1) is 5.92 Å². The molecule has 104 valence electrons. The van der Waals surface area contributed by atoms with E-state index in [2.05, 4.69) is 4.98 Å². The quantitative estimate of drug-likeness (QED) is 0.813. The van der Waals surface area contributed by atoms with Gasteiger partial charge in [0.1, 0.15) is 12.4 Å². The summed E-state index contributed by atoms with van der Waals surface area (Å²) in [6.45, 7) is 0.223. The molecule has 1 saturated carbocycles. The number of nitrogens with zero attached hydrogens (tertiary/aromatic N) is 2. The van der Waals surface area contributed by atoms with E-state index < -0.39 is 0 Å². The zero-order chi connectivity index (χ0) is 14.1. The average Bonchev–Trinajstić information content (AvgIpc) is 3.13. The van der Waals surface area contributed by atoms with Gasteiger partial charge in [-0.25, -0.2) is 4.98 Å². The number of aromatic nitrogens is 2. The molecule has 1 aliphatic carbocycles. The van der Waals surface area contributed by atoms with Gasteiger partial charge in [0, 0.05) is 24.5 Å². The summed E-state index contributed by atoms with van der Waals surface area (Å²) < 4.78 is 7.16. The maximum atomic E-state index is 12.0. The summed E-state index contributed by atoms with van der Waals surface area (Å²) in [6, 6.07) is 7.66. The van der Waals surface area contributed by atoms with Gasteiger partial charge in [-0.3, -0.25) is 4.79 Å². The van der Waals surface area contributed by atoms with E-state index in [1.807, 2.05) is 42.1 Å². The van der Waals surface area contributed by atoms with Crippen molar-refractivity contribution < 1.29 is 9.53 Å². The lowest BCUT2D eigenvalue weighted by Crippen LogP contribution is -2.10. The van der Waals surface area contributed by atoms with Crippen molar-refractivity contribution in [3.05, 3.63) is 53.1 Å². The van der Waals surface area contributed by atoms with Gasteiger partial charge in [-0.05, 0) is 30.0 Å². The Labute approximate surface area is 122 Å². The maximum Gasteiger partial charge on any atom is 0.310 e. The lowest BCUT2D eigenvalue weighted by Gasteiger charge is -2.05. The fourth-order valence-electron chi connectivity index (χ4n) is 2.34. The second kappa shape index (κ2) is 5.29. The summed E-state index contributed by atoms with van der Waals surface area (Å²) in [7, 11) is 1.88. The normalized spacial score (nSPS) is 20.7. The van der Waals surface area contributed by atoms with Crippen LogP contribution in [0.1, 0.15) is 23.7 Å². The molecule has 4 nitrogen and oxygen atoms in total. The van der Waals surface area contributed by atoms with Crippen LogP contribution in [0.15, 0.2) is 36.7 Å². The monoisotopic (exact) mass is 290 g/mol. The second-order valence-electron chi connectivity index (χ2n) is 5.07. The number of esters is 1. The Morgan fingerprint density at radius 2 is 2.40 bits per heavy atom. The smallest absolute Gasteiger partial charge is 0.310 e. The highest BCUT2D eigenvalue weighted by molar-refractivity contribution is 6.30. The molecule has 0 unspecified atom stereocenters. The van der Waals surface area contributed by atoms with Crippen molar-refractivity contribution in [2.75, 3.05) is 0 Å². The molecule has 3 rings (SSSR count). The Morgan fingerprint density at radius 3 is 3.10 bits per heavy atom. The molecule has 0 N–H and O–H groups in total. The fraction of sp³-hybridized carbons (Fsp3) is 0.333. The zero-order valence-electron chi connectivity index (χ0n) is 11.1. The molecular formula is C15H15ClN2O2. The van der Waals surface area contributed by atoms with E-state index in [-0.39, 0.29) is 24.4 Å². The number of benzene rings is 1. The van der Waals surface area contributed by atoms with Gasteiger partial charge in [-0.15, -0.1) is 0 Å². The van der Waals surface area contributed by atoms with Gasteiger partial charge in [-0.2, -0.15) is 0 Å². The van der Waals surface area contributed by atoms with Crippen LogP contribution < -0.4 is 0 Å². The summed E-state index contributed by atoms with van der Waals surface area (Å²) in [5.74, 6) is 0.785. The van der Waals surface area contributed by atoms with Gasteiger partial charge >= 0.3 is 5.97 Å². The molecule has 20 heavy (non-hydrogen) atoms. The van der Waals surface area contributed by atoms with Crippen LogP contribution in [0.5, 0.6) is 0 Å². The van der Waals surface area contributed by atoms with Gasteiger partial charge in [0.05, 0.1) is 5.92 Å². The van der Waals surface area contributed by atoms with E-state index in [9.17, 15) is 4.79 Å². The fourth-order valence-corrected chi connectivity index (χ4v) is 2.54. The molecule has 0 spiro atoms. The number of hydrogen-bond acceptors (Lipinski definition) is 3. The van der Waals surface area contributed by atoms with E-state index in [1.54, 1.807) is 6.20 Å². The third-order valence-electron chi connectivity index (χ3n) is 3.63. The van der Waals surface area contributed by atoms with Crippen molar-refractivity contribution in [1.82, 2.24) is 9.55 Å². The highest BCUT2D eigenvalue weighted by Gasteiger charge is 2.45. The summed E-state index contributed by atoms with van der Waals surface area (Å²) >= 11 is 5.96. The van der Waals surface area contributed by atoms with E-state index in [0.29, 0.717) is 5.02 Å². The molecule has 0 aliphatic heterocycles. The van der Waals surface area contributed by atoms with Crippen LogP contribution >= 0.6 is 11.6 Å². The van der Waals surface area contributed by atoms with Gasteiger partial charge in [0.15, 0.2) is 0 Å². The lowest BCUT2D eigenvalue weighted by molar-refractivity contribution is -0.146. The molecule has 5 heteroatoms. The number of carbonyl (C=O) groups excluding carboxylic acids is 1. The molecule has 1 heterocycles. The van der Waals surface area contributed by atoms with Crippen molar-refractivity contribution in [3.8, 4) is 0 Å². The third-order valence-corrected chi connectivity index (χ3v) is 3.87. The minimum absolute atomic E-state index is 0.0475. The SMILES string of the molecule is Cn1ccnc1COC(=O)[C@@H]1C[C@H]1c1cccc(Cl)c1. The predicted molar refractivity (Wildman–Crippen MR) is 75.3 cm³/mol. The van der Waals surface area contributed by atoms with Gasteiger partial charge in [-0.1, -0.05) is 23.7 Å². The number of halogens is 1. The molecule has 0 radical (unpaired) electrons. The van der Waals surface area contributed by atoms with E-state index in [4.69, 9.17) is 16.3 Å². The Bertz CT molecular complexity index is 638. The first-order valence-electron chi connectivity index (χ1n) is 6.53. The largest absolute Gasteiger partial charge is 0.457 e. The third kappa shape index (κ3) is 2.70. The van der Waals surface area contributed by atoms with Crippen molar-refractivity contribution >= 4 is 17.6 Å². The van der Waals surface area contributed by atoms with Crippen molar-refractivity contribution in [1.29, 1.82) is 0 Å². The standard InChI is InChI=1S/C15H15ClN2O2/c1-18-6-5-17-14(18)9-20-15(19)13-8-12(13)10-3-2-4-11(16)7-10/h2-7,12-13H,8-9H2,1H3/t12-,13+/m0/s1. The first-order chi connectivity index (χ1) is 9.65. The molecule has 2 atom stereocenters. The summed E-state index contributed by atoms with van der Waals surface area (Å²) in [5.41, 5.74) is 1.11. The first-order valence-corrected chi connectivity index (χ1v) is 6.91. The number of rotatable bonds is 4. The molecule has 1 aliphatic rings. The Kier molecular flexibility index (Phi) is 3.49. The molecule has 1 aromatic carbocycles. The highest BCUT2D eigenvalue weighted by atomic mass is 35.5. The van der Waals surface area contributed by atoms with E-state index in [0.717, 1.165) is 17.8 Å². The maximum absolute atomic E-state index is 12.0. The molecular weight excluding hydrogens is 276 g/mol. The number of aryl methyl sites for hydroxylation is 1. The number of hydrogen-bond donors (Lipinski definition) is 0. The summed E-state index contributed by atoms with van der Waals surface area (Å²) in [5, 5.41) is 0.703. The van der Waals surface area contributed by atoms with Gasteiger partial charge < -0.3 is 9.30 Å². The van der Waals surface area contributed by atoms with Gasteiger partial charge in [0.2, 0.25) is 0 Å². The van der Waals surface area contributed by atoms with Crippen LogP contribution in [-0.4, -0.2) is 15.5 Å². The highest BCUT2D eigenvalue weighted by Crippen LogP contribution is 2.48. The van der Waals surface area contributed by atoms with Crippen LogP contribution in [0.4, 0.5) is 0 Å². The van der Waals surface area contributed by atoms with Crippen molar-refractivity contribution in [2.24, 2.45) is 13.0 Å². The zero-order valence-corrected chi connectivity index (χ0v) is 11.9.